The Morgan fingerprint density at radius 2 is 1.95 bits per heavy atom. The lowest BCUT2D eigenvalue weighted by Crippen LogP contribution is -2.41. The minimum atomic E-state index is -0.378. The summed E-state index contributed by atoms with van der Waals surface area (Å²) >= 11 is 1.40. The molecule has 6 nitrogen and oxygen atoms in total. The molecule has 120 valence electrons. The van der Waals surface area contributed by atoms with Crippen LogP contribution in [0.15, 0.2) is 9.59 Å². The number of carbonyl (C=O) groups is 1. The molecule has 1 unspecified atom stereocenters. The number of nitrogens with two attached hydrogens (primary N) is 1. The van der Waals surface area contributed by atoms with E-state index >= 15 is 0 Å². The number of H-pyrrole nitrogens is 1. The number of aromatic amines is 1. The van der Waals surface area contributed by atoms with E-state index in [0.29, 0.717) is 17.7 Å². The van der Waals surface area contributed by atoms with Crippen molar-refractivity contribution < 1.29 is 4.79 Å². The number of thioether (sulfide) groups is 1. The third-order valence-electron chi connectivity index (χ3n) is 4.61. The molecule has 0 radical (unpaired) electrons. The molecule has 1 atom stereocenters. The van der Waals surface area contributed by atoms with Gasteiger partial charge in [0.1, 0.15) is 0 Å². The molecule has 0 aliphatic heterocycles. The first kappa shape index (κ1) is 15.4. The highest BCUT2D eigenvalue weighted by Gasteiger charge is 2.30. The first-order valence-corrected chi connectivity index (χ1v) is 8.90. The lowest BCUT2D eigenvalue weighted by molar-refractivity contribution is -0.115. The molecular weight excluding hydrogens is 302 g/mol. The highest BCUT2D eigenvalue weighted by molar-refractivity contribution is 8.00. The molecule has 2 aliphatic carbocycles. The van der Waals surface area contributed by atoms with Crippen molar-refractivity contribution in [3.8, 4) is 0 Å². The van der Waals surface area contributed by atoms with Crippen LogP contribution in [-0.2, 0) is 11.2 Å². The first-order valence-electron chi connectivity index (χ1n) is 7.85. The number of carbonyl (C=O) groups excluding carboxylic acids is 1. The van der Waals surface area contributed by atoms with Gasteiger partial charge in [0, 0.05) is 22.5 Å². The molecule has 3 rings (SSSR count). The third-order valence-corrected chi connectivity index (χ3v) is 5.93. The van der Waals surface area contributed by atoms with Crippen molar-refractivity contribution in [1.29, 1.82) is 0 Å². The SMILES string of the molecule is NC(=O)CSC1CCc2c1[nH]c(=O)n(C1CCCCC1)c2=O. The smallest absolute Gasteiger partial charge is 0.328 e. The van der Waals surface area contributed by atoms with Crippen LogP contribution in [-0.4, -0.2) is 21.2 Å². The van der Waals surface area contributed by atoms with Crippen molar-refractivity contribution in [2.75, 3.05) is 5.75 Å². The fourth-order valence-corrected chi connectivity index (χ4v) is 4.58. The Kier molecular flexibility index (Phi) is 4.42. The summed E-state index contributed by atoms with van der Waals surface area (Å²) in [6.45, 7) is 0. The van der Waals surface area contributed by atoms with Gasteiger partial charge in [-0.3, -0.25) is 14.2 Å². The van der Waals surface area contributed by atoms with Gasteiger partial charge in [-0.05, 0) is 25.7 Å². The number of primary amides is 1. The van der Waals surface area contributed by atoms with Crippen LogP contribution in [0.5, 0.6) is 0 Å². The highest BCUT2D eigenvalue weighted by Crippen LogP contribution is 2.38. The van der Waals surface area contributed by atoms with Crippen molar-refractivity contribution in [2.45, 2.75) is 56.2 Å². The van der Waals surface area contributed by atoms with Crippen LogP contribution in [0, 0.1) is 0 Å². The third kappa shape index (κ3) is 2.86. The standard InChI is InChI=1S/C15H21N3O3S/c16-12(19)8-22-11-7-6-10-13(11)17-15(21)18(14(10)20)9-4-2-1-3-5-9/h9,11H,1-8H2,(H2,16,19)(H,17,21). The van der Waals surface area contributed by atoms with Crippen molar-refractivity contribution in [1.82, 2.24) is 9.55 Å². The van der Waals surface area contributed by atoms with E-state index < -0.39 is 0 Å². The normalized spacial score (nSPS) is 21.7. The predicted octanol–water partition coefficient (Wildman–Crippen LogP) is 1.25. The summed E-state index contributed by atoms with van der Waals surface area (Å²) in [5.41, 5.74) is 6.16. The number of nitrogens with one attached hydrogen (secondary N) is 1. The van der Waals surface area contributed by atoms with E-state index in [1.807, 2.05) is 0 Å². The minimum absolute atomic E-state index is 0.0103. The number of hydrogen-bond acceptors (Lipinski definition) is 4. The Balaban J connectivity index is 1.93. The van der Waals surface area contributed by atoms with E-state index in [1.54, 1.807) is 0 Å². The van der Waals surface area contributed by atoms with Gasteiger partial charge in [-0.25, -0.2) is 4.79 Å². The number of fused-ring (bicyclic) bond motifs is 1. The van der Waals surface area contributed by atoms with Gasteiger partial charge < -0.3 is 10.7 Å². The minimum Gasteiger partial charge on any atom is -0.369 e. The Bertz CT molecular complexity index is 688. The average molecular weight is 323 g/mol. The molecule has 22 heavy (non-hydrogen) atoms. The molecule has 2 aliphatic rings. The van der Waals surface area contributed by atoms with Crippen LogP contribution < -0.4 is 17.0 Å². The molecule has 3 N–H and O–H groups in total. The summed E-state index contributed by atoms with van der Waals surface area (Å²) in [7, 11) is 0. The van der Waals surface area contributed by atoms with Gasteiger partial charge in [0.15, 0.2) is 0 Å². The number of nitrogens with zero attached hydrogens (tertiary/aromatic N) is 1. The largest absolute Gasteiger partial charge is 0.369 e. The maximum atomic E-state index is 12.7. The lowest BCUT2D eigenvalue weighted by atomic mass is 9.95. The molecule has 0 aromatic carbocycles. The number of rotatable bonds is 4. The second-order valence-corrected chi connectivity index (χ2v) is 7.29. The van der Waals surface area contributed by atoms with Crippen LogP contribution in [0.2, 0.25) is 0 Å². The maximum Gasteiger partial charge on any atom is 0.328 e. The molecule has 1 amide bonds. The number of hydrogen-bond donors (Lipinski definition) is 2. The fraction of sp³-hybridized carbons (Fsp3) is 0.667. The van der Waals surface area contributed by atoms with E-state index in [4.69, 9.17) is 5.73 Å². The molecule has 1 aromatic heterocycles. The van der Waals surface area contributed by atoms with Crippen molar-refractivity contribution in [2.24, 2.45) is 5.73 Å². The summed E-state index contributed by atoms with van der Waals surface area (Å²) in [4.78, 5) is 38.9. The molecule has 0 bridgehead atoms. The van der Waals surface area contributed by atoms with E-state index in [0.717, 1.165) is 32.1 Å². The van der Waals surface area contributed by atoms with Gasteiger partial charge in [-0.2, -0.15) is 0 Å². The summed E-state index contributed by atoms with van der Waals surface area (Å²) < 4.78 is 1.43. The van der Waals surface area contributed by atoms with Gasteiger partial charge >= 0.3 is 5.69 Å². The zero-order chi connectivity index (χ0) is 15.7. The van der Waals surface area contributed by atoms with Gasteiger partial charge in [0.05, 0.1) is 5.75 Å². The van der Waals surface area contributed by atoms with Crippen molar-refractivity contribution in [3.63, 3.8) is 0 Å². The topological polar surface area (TPSA) is 97.9 Å². The van der Waals surface area contributed by atoms with E-state index in [-0.39, 0.29) is 34.2 Å². The maximum absolute atomic E-state index is 12.7. The van der Waals surface area contributed by atoms with Crippen LogP contribution >= 0.6 is 11.8 Å². The predicted molar refractivity (Wildman–Crippen MR) is 86.2 cm³/mol. The zero-order valence-electron chi connectivity index (χ0n) is 12.5. The van der Waals surface area contributed by atoms with Gasteiger partial charge in [0.25, 0.3) is 5.56 Å². The molecule has 7 heteroatoms. The monoisotopic (exact) mass is 323 g/mol. The Labute approximate surface area is 132 Å². The van der Waals surface area contributed by atoms with Gasteiger partial charge in [0.2, 0.25) is 5.91 Å². The van der Waals surface area contributed by atoms with Gasteiger partial charge in [-0.1, -0.05) is 19.3 Å². The number of aromatic nitrogens is 2. The Morgan fingerprint density at radius 1 is 1.23 bits per heavy atom. The van der Waals surface area contributed by atoms with E-state index in [2.05, 4.69) is 4.98 Å². The van der Waals surface area contributed by atoms with Crippen LogP contribution in [0.4, 0.5) is 0 Å². The lowest BCUT2D eigenvalue weighted by Gasteiger charge is -2.23. The van der Waals surface area contributed by atoms with Crippen LogP contribution in [0.25, 0.3) is 0 Å². The summed E-state index contributed by atoms with van der Waals surface area (Å²) in [5.74, 6) is -0.172. The quantitative estimate of drug-likeness (QED) is 0.871. The molecule has 0 spiro atoms. The van der Waals surface area contributed by atoms with Crippen molar-refractivity contribution in [3.05, 3.63) is 32.1 Å². The second-order valence-electron chi connectivity index (χ2n) is 6.09. The Morgan fingerprint density at radius 3 is 2.64 bits per heavy atom. The summed E-state index contributed by atoms with van der Waals surface area (Å²) in [6, 6.07) is 0.0348. The molecule has 1 saturated carbocycles. The number of amides is 1. The summed E-state index contributed by atoms with van der Waals surface area (Å²) in [5, 5.41) is -0.0103. The van der Waals surface area contributed by atoms with Gasteiger partial charge in [-0.15, -0.1) is 11.8 Å². The first-order chi connectivity index (χ1) is 10.6. The zero-order valence-corrected chi connectivity index (χ0v) is 13.3. The molecule has 1 heterocycles. The van der Waals surface area contributed by atoms with Crippen molar-refractivity contribution >= 4 is 17.7 Å². The molecule has 0 saturated heterocycles. The fourth-order valence-electron chi connectivity index (χ4n) is 3.56. The molecular formula is C15H21N3O3S. The van der Waals surface area contributed by atoms with E-state index in [9.17, 15) is 14.4 Å². The molecule has 1 fully saturated rings. The van der Waals surface area contributed by atoms with E-state index in [1.165, 1.54) is 22.7 Å². The summed E-state index contributed by atoms with van der Waals surface area (Å²) in [6.07, 6.45) is 6.57. The molecule has 1 aromatic rings. The van der Waals surface area contributed by atoms with Crippen LogP contribution in [0.1, 0.15) is 61.1 Å². The highest BCUT2D eigenvalue weighted by atomic mass is 32.2. The Hall–Kier alpha value is -1.50. The average Bonchev–Trinajstić information content (AvgIpc) is 2.89. The van der Waals surface area contributed by atoms with Crippen LogP contribution in [0.3, 0.4) is 0 Å². The second kappa shape index (κ2) is 6.32.